The van der Waals surface area contributed by atoms with Gasteiger partial charge in [0, 0.05) is 0 Å². The molecule has 2 atom stereocenters. The summed E-state index contributed by atoms with van der Waals surface area (Å²) in [6.45, 7) is 6.19. The van der Waals surface area contributed by atoms with Gasteiger partial charge in [0.05, 0.1) is 6.10 Å². The molecule has 1 nitrogen and oxygen atoms in total. The normalized spacial score (nSPS) is 33.3. The van der Waals surface area contributed by atoms with Crippen LogP contribution >= 0.6 is 0 Å². The van der Waals surface area contributed by atoms with Gasteiger partial charge in [0.1, 0.15) is 0 Å². The van der Waals surface area contributed by atoms with E-state index in [4.69, 9.17) is 5.11 Å². The first-order chi connectivity index (χ1) is 4.29. The highest BCUT2D eigenvalue weighted by molar-refractivity contribution is 4.70. The summed E-state index contributed by atoms with van der Waals surface area (Å²) < 4.78 is 0. The van der Waals surface area contributed by atoms with Crippen molar-refractivity contribution in [3.63, 3.8) is 0 Å². The zero-order chi connectivity index (χ0) is 7.28. The van der Waals surface area contributed by atoms with Crippen LogP contribution in [0.1, 0.15) is 40.0 Å². The minimum atomic E-state index is 0.0231. The van der Waals surface area contributed by atoms with Crippen molar-refractivity contribution in [3.05, 3.63) is 0 Å². The van der Waals surface area contributed by atoms with Crippen LogP contribution in [0.3, 0.4) is 0 Å². The topological polar surface area (TPSA) is 20.2 Å². The van der Waals surface area contributed by atoms with Crippen LogP contribution in [-0.2, 0) is 0 Å². The molecule has 1 fully saturated rings. The molecule has 9 heavy (non-hydrogen) atoms. The monoisotopic (exact) mass is 130 g/mol. The molecular weight excluding hydrogens is 112 g/mol. The number of hydrogen-bond acceptors (Lipinski definition) is 1. The molecule has 1 saturated carbocycles. The van der Waals surface area contributed by atoms with Gasteiger partial charge >= 0.3 is 0 Å². The highest BCUT2D eigenvalue weighted by Crippen LogP contribution is 2.23. The molecule has 1 heteroatoms. The molecule has 1 N–H and O–H groups in total. The molecule has 0 aliphatic heterocycles. The Morgan fingerprint density at radius 1 is 1.22 bits per heavy atom. The second-order valence-electron chi connectivity index (χ2n) is 2.57. The summed E-state index contributed by atoms with van der Waals surface area (Å²) in [4.78, 5) is 0. The van der Waals surface area contributed by atoms with Crippen molar-refractivity contribution in [1.82, 2.24) is 0 Å². The number of aliphatic hydroxyl groups excluding tert-OH is 1. The van der Waals surface area contributed by atoms with Gasteiger partial charge in [-0.05, 0) is 25.2 Å². The van der Waals surface area contributed by atoms with E-state index in [0.717, 1.165) is 18.8 Å². The highest BCUT2D eigenvalue weighted by Gasteiger charge is 2.17. The van der Waals surface area contributed by atoms with Crippen molar-refractivity contribution in [2.45, 2.75) is 46.1 Å². The summed E-state index contributed by atoms with van der Waals surface area (Å²) in [5, 5.41) is 8.90. The third kappa shape index (κ3) is 3.52. The van der Waals surface area contributed by atoms with Gasteiger partial charge in [-0.2, -0.15) is 0 Å². The maximum absolute atomic E-state index is 8.90. The van der Waals surface area contributed by atoms with E-state index in [2.05, 4.69) is 6.92 Å². The molecule has 0 bridgehead atoms. The molecule has 0 heterocycles. The van der Waals surface area contributed by atoms with Crippen molar-refractivity contribution in [2.24, 2.45) is 5.92 Å². The summed E-state index contributed by atoms with van der Waals surface area (Å²) in [6, 6.07) is 0. The second-order valence-corrected chi connectivity index (χ2v) is 2.57. The Morgan fingerprint density at radius 2 is 1.78 bits per heavy atom. The standard InChI is InChI=1S/C6H12O.C2H6/c1-5-2-3-6(7)4-5;1-2/h5-7H,2-4H2,1H3;1-2H3/t5-,6?;/m0./s1. The van der Waals surface area contributed by atoms with Crippen LogP contribution in [0, 0.1) is 5.92 Å². The lowest BCUT2D eigenvalue weighted by atomic mass is 10.1. The van der Waals surface area contributed by atoms with Crippen molar-refractivity contribution < 1.29 is 5.11 Å². The van der Waals surface area contributed by atoms with E-state index in [1.165, 1.54) is 6.42 Å². The predicted octanol–water partition coefficient (Wildman–Crippen LogP) is 2.19. The fourth-order valence-corrected chi connectivity index (χ4v) is 1.18. The molecular formula is C8H18O. The van der Waals surface area contributed by atoms with Crippen molar-refractivity contribution in [1.29, 1.82) is 0 Å². The lowest BCUT2D eigenvalue weighted by Crippen LogP contribution is -1.97. The molecule has 0 radical (unpaired) electrons. The van der Waals surface area contributed by atoms with Gasteiger partial charge < -0.3 is 5.11 Å². The SMILES string of the molecule is CC.C[C@H]1CCC(O)C1. The van der Waals surface area contributed by atoms with Gasteiger partial charge in [0.2, 0.25) is 0 Å². The average molecular weight is 130 g/mol. The molecule has 0 spiro atoms. The summed E-state index contributed by atoms with van der Waals surface area (Å²) in [7, 11) is 0. The van der Waals surface area contributed by atoms with Crippen molar-refractivity contribution in [2.75, 3.05) is 0 Å². The summed E-state index contributed by atoms with van der Waals surface area (Å²) in [6.07, 6.45) is 3.30. The minimum absolute atomic E-state index is 0.0231. The molecule has 1 unspecified atom stereocenters. The first-order valence-electron chi connectivity index (χ1n) is 3.97. The van der Waals surface area contributed by atoms with Crippen molar-refractivity contribution >= 4 is 0 Å². The van der Waals surface area contributed by atoms with E-state index in [0.29, 0.717) is 0 Å². The zero-order valence-corrected chi connectivity index (χ0v) is 6.72. The van der Waals surface area contributed by atoms with E-state index in [-0.39, 0.29) is 6.10 Å². The van der Waals surface area contributed by atoms with Crippen LogP contribution < -0.4 is 0 Å². The number of rotatable bonds is 0. The quantitative estimate of drug-likeness (QED) is 0.533. The van der Waals surface area contributed by atoms with E-state index < -0.39 is 0 Å². The molecule has 0 aromatic rings. The predicted molar refractivity (Wildman–Crippen MR) is 40.4 cm³/mol. The van der Waals surface area contributed by atoms with Crippen LogP contribution in [0.2, 0.25) is 0 Å². The van der Waals surface area contributed by atoms with E-state index >= 15 is 0 Å². The van der Waals surface area contributed by atoms with Gasteiger partial charge in [-0.15, -0.1) is 0 Å². The maximum Gasteiger partial charge on any atom is 0.0542 e. The Morgan fingerprint density at radius 3 is 1.89 bits per heavy atom. The average Bonchev–Trinajstić information content (AvgIpc) is 2.20. The number of aliphatic hydroxyl groups is 1. The molecule has 1 rings (SSSR count). The van der Waals surface area contributed by atoms with Crippen LogP contribution in [0.5, 0.6) is 0 Å². The molecule has 0 saturated heterocycles. The third-order valence-corrected chi connectivity index (χ3v) is 1.67. The van der Waals surface area contributed by atoms with Gasteiger partial charge in [-0.3, -0.25) is 0 Å². The first-order valence-corrected chi connectivity index (χ1v) is 3.97. The Balaban J connectivity index is 0.000000291. The van der Waals surface area contributed by atoms with Gasteiger partial charge in [0.25, 0.3) is 0 Å². The Labute approximate surface area is 58.1 Å². The molecule has 0 aromatic carbocycles. The lowest BCUT2D eigenvalue weighted by Gasteiger charge is -1.95. The summed E-state index contributed by atoms with van der Waals surface area (Å²) in [5.41, 5.74) is 0. The molecule has 1 aliphatic rings. The fraction of sp³-hybridized carbons (Fsp3) is 1.00. The second kappa shape index (κ2) is 4.80. The third-order valence-electron chi connectivity index (χ3n) is 1.67. The van der Waals surface area contributed by atoms with E-state index in [1.54, 1.807) is 0 Å². The molecule has 56 valence electrons. The largest absolute Gasteiger partial charge is 0.393 e. The van der Waals surface area contributed by atoms with Crippen LogP contribution in [0.4, 0.5) is 0 Å². The van der Waals surface area contributed by atoms with Crippen LogP contribution in [0.15, 0.2) is 0 Å². The van der Waals surface area contributed by atoms with Gasteiger partial charge in [0.15, 0.2) is 0 Å². The van der Waals surface area contributed by atoms with Crippen LogP contribution in [0.25, 0.3) is 0 Å². The Hall–Kier alpha value is -0.0400. The Bertz CT molecular complexity index is 53.6. The molecule has 0 amide bonds. The van der Waals surface area contributed by atoms with Gasteiger partial charge in [-0.1, -0.05) is 20.8 Å². The van der Waals surface area contributed by atoms with Crippen molar-refractivity contribution in [3.8, 4) is 0 Å². The van der Waals surface area contributed by atoms with E-state index in [1.807, 2.05) is 13.8 Å². The first kappa shape index (κ1) is 8.96. The molecule has 0 aromatic heterocycles. The van der Waals surface area contributed by atoms with E-state index in [9.17, 15) is 0 Å². The van der Waals surface area contributed by atoms with Crippen LogP contribution in [-0.4, -0.2) is 11.2 Å². The summed E-state index contributed by atoms with van der Waals surface area (Å²) >= 11 is 0. The minimum Gasteiger partial charge on any atom is -0.393 e. The highest BCUT2D eigenvalue weighted by atomic mass is 16.3. The maximum atomic E-state index is 8.90. The fourth-order valence-electron chi connectivity index (χ4n) is 1.18. The smallest absolute Gasteiger partial charge is 0.0542 e. The zero-order valence-electron chi connectivity index (χ0n) is 6.72. The molecule has 1 aliphatic carbocycles. The Kier molecular flexibility index (Phi) is 4.78. The van der Waals surface area contributed by atoms with Gasteiger partial charge in [-0.25, -0.2) is 0 Å². The number of hydrogen-bond donors (Lipinski definition) is 1. The lowest BCUT2D eigenvalue weighted by molar-refractivity contribution is 0.179. The summed E-state index contributed by atoms with van der Waals surface area (Å²) in [5.74, 6) is 0.773.